The minimum absolute atomic E-state index is 0.00921. The average molecular weight is 415 g/mol. The van der Waals surface area contributed by atoms with Gasteiger partial charge in [-0.2, -0.15) is 5.26 Å². The molecule has 0 bridgehead atoms. The first kappa shape index (κ1) is 19.5. The van der Waals surface area contributed by atoms with Gasteiger partial charge in [0, 0.05) is 5.69 Å². The Labute approximate surface area is 161 Å². The number of methoxy groups -OCH3 is 1. The highest BCUT2D eigenvalue weighted by Crippen LogP contribution is 2.27. The molecule has 26 heavy (non-hydrogen) atoms. The molecule has 0 aliphatic heterocycles. The van der Waals surface area contributed by atoms with E-state index in [1.54, 1.807) is 37.4 Å². The summed E-state index contributed by atoms with van der Waals surface area (Å²) in [5.74, 6) is 0.944. The van der Waals surface area contributed by atoms with Gasteiger partial charge < -0.3 is 14.8 Å². The summed E-state index contributed by atoms with van der Waals surface area (Å²) in [6.07, 6.45) is 2.45. The first-order chi connectivity index (χ1) is 12.6. The van der Waals surface area contributed by atoms with E-state index in [1.807, 2.05) is 25.1 Å². The van der Waals surface area contributed by atoms with Crippen LogP contribution in [-0.2, 0) is 4.79 Å². The number of anilines is 1. The lowest BCUT2D eigenvalue weighted by atomic mass is 10.1. The molecule has 0 saturated heterocycles. The van der Waals surface area contributed by atoms with Crippen LogP contribution in [0.25, 0.3) is 6.08 Å². The number of nitrogens with one attached hydrogen (secondary N) is 1. The van der Waals surface area contributed by atoms with Crippen molar-refractivity contribution in [2.75, 3.05) is 19.0 Å². The van der Waals surface area contributed by atoms with Crippen molar-refractivity contribution in [1.82, 2.24) is 0 Å². The molecule has 0 spiro atoms. The second kappa shape index (κ2) is 9.64. The molecule has 0 heterocycles. The van der Waals surface area contributed by atoms with Gasteiger partial charge in [0.25, 0.3) is 5.91 Å². The molecule has 0 atom stereocenters. The van der Waals surface area contributed by atoms with Gasteiger partial charge in [0.15, 0.2) is 0 Å². The van der Waals surface area contributed by atoms with E-state index in [0.717, 1.165) is 22.2 Å². The van der Waals surface area contributed by atoms with Gasteiger partial charge >= 0.3 is 0 Å². The quantitative estimate of drug-likeness (QED) is 0.521. The van der Waals surface area contributed by atoms with Crippen LogP contribution in [0, 0.1) is 11.3 Å². The number of amides is 1. The van der Waals surface area contributed by atoms with Crippen LogP contribution in [0.3, 0.4) is 0 Å². The fourth-order valence-electron chi connectivity index (χ4n) is 2.12. The molecule has 0 aliphatic rings. The van der Waals surface area contributed by atoms with Gasteiger partial charge in [0.05, 0.1) is 18.2 Å². The maximum absolute atomic E-state index is 12.3. The number of carbonyl (C=O) groups is 1. The highest BCUT2D eigenvalue weighted by molar-refractivity contribution is 9.10. The Morgan fingerprint density at radius 2 is 2.00 bits per heavy atom. The van der Waals surface area contributed by atoms with Crippen molar-refractivity contribution in [2.45, 2.75) is 13.3 Å². The summed E-state index contributed by atoms with van der Waals surface area (Å²) in [4.78, 5) is 12.3. The molecular formula is C20H19BrN2O3. The molecule has 1 amide bonds. The highest BCUT2D eigenvalue weighted by Gasteiger charge is 2.10. The van der Waals surface area contributed by atoms with E-state index in [2.05, 4.69) is 21.2 Å². The number of ether oxygens (including phenoxy) is 2. The maximum atomic E-state index is 12.3. The fourth-order valence-corrected chi connectivity index (χ4v) is 2.63. The third-order valence-electron chi connectivity index (χ3n) is 3.44. The van der Waals surface area contributed by atoms with E-state index in [9.17, 15) is 10.1 Å². The zero-order valence-electron chi connectivity index (χ0n) is 14.6. The zero-order chi connectivity index (χ0) is 18.9. The summed E-state index contributed by atoms with van der Waals surface area (Å²) < 4.78 is 11.4. The number of halogens is 1. The number of nitriles is 1. The average Bonchev–Trinajstić information content (AvgIpc) is 2.66. The summed E-state index contributed by atoms with van der Waals surface area (Å²) >= 11 is 3.44. The molecule has 0 aromatic heterocycles. The summed E-state index contributed by atoms with van der Waals surface area (Å²) in [5, 5.41) is 12.0. The van der Waals surface area contributed by atoms with E-state index in [4.69, 9.17) is 9.47 Å². The molecule has 134 valence electrons. The van der Waals surface area contributed by atoms with Crippen molar-refractivity contribution in [3.8, 4) is 17.6 Å². The van der Waals surface area contributed by atoms with Crippen molar-refractivity contribution in [2.24, 2.45) is 0 Å². The molecule has 2 aromatic rings. The zero-order valence-corrected chi connectivity index (χ0v) is 16.2. The molecule has 6 heteroatoms. The molecule has 0 fully saturated rings. The van der Waals surface area contributed by atoms with E-state index in [-0.39, 0.29) is 5.57 Å². The molecule has 0 aliphatic carbocycles. The molecule has 2 aromatic carbocycles. The first-order valence-electron chi connectivity index (χ1n) is 8.07. The Kier molecular flexibility index (Phi) is 7.24. The number of hydrogen-bond acceptors (Lipinski definition) is 4. The van der Waals surface area contributed by atoms with E-state index < -0.39 is 5.91 Å². The smallest absolute Gasteiger partial charge is 0.266 e. The van der Waals surface area contributed by atoms with Crippen molar-refractivity contribution in [3.05, 3.63) is 58.1 Å². The standard InChI is InChI=1S/C20H19BrN2O3/c1-3-10-26-19-9-4-14(12-18(19)21)11-15(13-22)20(24)23-16-5-7-17(25-2)8-6-16/h4-9,11-12H,3,10H2,1-2H3,(H,23,24)/b15-11+. The Hall–Kier alpha value is -2.78. The molecule has 5 nitrogen and oxygen atoms in total. The van der Waals surface area contributed by atoms with Crippen molar-refractivity contribution in [3.63, 3.8) is 0 Å². The molecule has 0 unspecified atom stereocenters. The SMILES string of the molecule is CCCOc1ccc(/C=C(\C#N)C(=O)Nc2ccc(OC)cc2)cc1Br. The maximum Gasteiger partial charge on any atom is 0.266 e. The number of hydrogen-bond donors (Lipinski definition) is 1. The minimum atomic E-state index is -0.472. The topological polar surface area (TPSA) is 71.3 Å². The third-order valence-corrected chi connectivity index (χ3v) is 4.06. The van der Waals surface area contributed by atoms with Crippen LogP contribution in [0.4, 0.5) is 5.69 Å². The number of carbonyl (C=O) groups excluding carboxylic acids is 1. The Bertz CT molecular complexity index is 839. The number of benzene rings is 2. The lowest BCUT2D eigenvalue weighted by molar-refractivity contribution is -0.112. The van der Waals surface area contributed by atoms with Crippen LogP contribution >= 0.6 is 15.9 Å². The summed E-state index contributed by atoms with van der Waals surface area (Å²) in [6, 6.07) is 14.2. The second-order valence-corrected chi connectivity index (χ2v) is 6.25. The van der Waals surface area contributed by atoms with Crippen molar-refractivity contribution in [1.29, 1.82) is 5.26 Å². The number of nitrogens with zero attached hydrogens (tertiary/aromatic N) is 1. The molecular weight excluding hydrogens is 396 g/mol. The van der Waals surface area contributed by atoms with Crippen LogP contribution in [-0.4, -0.2) is 19.6 Å². The molecule has 2 rings (SSSR count). The summed E-state index contributed by atoms with van der Waals surface area (Å²) in [6.45, 7) is 2.66. The van der Waals surface area contributed by atoms with E-state index in [1.165, 1.54) is 6.08 Å². The van der Waals surface area contributed by atoms with Gasteiger partial charge in [0.2, 0.25) is 0 Å². The Balaban J connectivity index is 2.14. The molecule has 0 radical (unpaired) electrons. The van der Waals surface area contributed by atoms with Gasteiger partial charge in [0.1, 0.15) is 23.1 Å². The van der Waals surface area contributed by atoms with Crippen LogP contribution in [0.2, 0.25) is 0 Å². The monoisotopic (exact) mass is 414 g/mol. The summed E-state index contributed by atoms with van der Waals surface area (Å²) in [7, 11) is 1.57. The van der Waals surface area contributed by atoms with Gasteiger partial charge in [-0.3, -0.25) is 4.79 Å². The van der Waals surface area contributed by atoms with Crippen molar-refractivity contribution >= 4 is 33.6 Å². The van der Waals surface area contributed by atoms with Crippen LogP contribution in [0.1, 0.15) is 18.9 Å². The molecule has 0 saturated carbocycles. The Morgan fingerprint density at radius 3 is 2.58 bits per heavy atom. The second-order valence-electron chi connectivity index (χ2n) is 5.39. The Morgan fingerprint density at radius 1 is 1.27 bits per heavy atom. The van der Waals surface area contributed by atoms with Gasteiger partial charge in [-0.15, -0.1) is 0 Å². The van der Waals surface area contributed by atoms with Gasteiger partial charge in [-0.25, -0.2) is 0 Å². The van der Waals surface area contributed by atoms with Gasteiger partial charge in [-0.1, -0.05) is 13.0 Å². The van der Waals surface area contributed by atoms with Crippen LogP contribution in [0.5, 0.6) is 11.5 Å². The summed E-state index contributed by atoms with van der Waals surface area (Å²) in [5.41, 5.74) is 1.32. The van der Waals surface area contributed by atoms with Crippen molar-refractivity contribution < 1.29 is 14.3 Å². The fraction of sp³-hybridized carbons (Fsp3) is 0.200. The predicted octanol–water partition coefficient (Wildman–Crippen LogP) is 4.79. The predicted molar refractivity (Wildman–Crippen MR) is 105 cm³/mol. The normalized spacial score (nSPS) is 10.8. The minimum Gasteiger partial charge on any atom is -0.497 e. The van der Waals surface area contributed by atoms with Crippen LogP contribution < -0.4 is 14.8 Å². The van der Waals surface area contributed by atoms with Gasteiger partial charge in [-0.05, 0) is 70.4 Å². The first-order valence-corrected chi connectivity index (χ1v) is 8.86. The third kappa shape index (κ3) is 5.36. The van der Waals surface area contributed by atoms with E-state index in [0.29, 0.717) is 18.0 Å². The lowest BCUT2D eigenvalue weighted by Crippen LogP contribution is -2.13. The molecule has 1 N–H and O–H groups in total. The largest absolute Gasteiger partial charge is 0.497 e. The van der Waals surface area contributed by atoms with Crippen LogP contribution in [0.15, 0.2) is 52.5 Å². The lowest BCUT2D eigenvalue weighted by Gasteiger charge is -2.08. The van der Waals surface area contributed by atoms with E-state index >= 15 is 0 Å². The highest BCUT2D eigenvalue weighted by atomic mass is 79.9. The number of rotatable bonds is 7.